The van der Waals surface area contributed by atoms with Crippen LogP contribution in [0.3, 0.4) is 0 Å². The van der Waals surface area contributed by atoms with Crippen LogP contribution in [0.25, 0.3) is 10.9 Å². The number of phenolic OH excluding ortho intramolecular Hbond substituents is 1. The van der Waals surface area contributed by atoms with Gasteiger partial charge in [-0.2, -0.15) is 0 Å². The largest absolute Gasteiger partial charge is 0.506 e. The summed E-state index contributed by atoms with van der Waals surface area (Å²) in [6.45, 7) is 7.59. The first-order valence-corrected chi connectivity index (χ1v) is 17.9. The van der Waals surface area contributed by atoms with Crippen LogP contribution >= 0.6 is 0 Å². The normalized spacial score (nSPS) is 16.8. The number of nitrogens with one attached hydrogen (secondary N) is 2. The third-order valence-corrected chi connectivity index (χ3v) is 10.0. The average Bonchev–Trinajstić information content (AvgIpc) is 3.15. The number of hydrogen-bond donors (Lipinski definition) is 4. The quantitative estimate of drug-likeness (QED) is 0.137. The number of nitrogens with zero attached hydrogens (tertiary/aromatic N) is 4. The third-order valence-electron chi connectivity index (χ3n) is 10.0. The molecule has 2 aromatic carbocycles. The summed E-state index contributed by atoms with van der Waals surface area (Å²) in [5, 5.41) is 24.6. The van der Waals surface area contributed by atoms with Gasteiger partial charge < -0.3 is 39.8 Å². The van der Waals surface area contributed by atoms with Crippen molar-refractivity contribution in [3.05, 3.63) is 100.0 Å². The molecule has 1 spiro atoms. The fourth-order valence-corrected chi connectivity index (χ4v) is 7.06. The number of H-pyrrole nitrogens is 1. The van der Waals surface area contributed by atoms with Gasteiger partial charge in [0.25, 0.3) is 0 Å². The van der Waals surface area contributed by atoms with Gasteiger partial charge in [-0.1, -0.05) is 36.4 Å². The number of benzene rings is 2. The molecule has 51 heavy (non-hydrogen) atoms. The molecule has 2 saturated heterocycles. The molecule has 0 aliphatic carbocycles. The van der Waals surface area contributed by atoms with Gasteiger partial charge in [-0.15, -0.1) is 0 Å². The lowest BCUT2D eigenvalue weighted by atomic mass is 9.89. The van der Waals surface area contributed by atoms with Gasteiger partial charge in [-0.05, 0) is 60.2 Å². The molecule has 1 atom stereocenters. The maximum Gasteiger partial charge on any atom is 0.248 e. The molecule has 12 nitrogen and oxygen atoms in total. The van der Waals surface area contributed by atoms with Crippen molar-refractivity contribution in [1.82, 2.24) is 25.1 Å². The van der Waals surface area contributed by atoms with Crippen LogP contribution in [-0.4, -0.2) is 114 Å². The number of aromatic amines is 1. The van der Waals surface area contributed by atoms with Crippen LogP contribution in [0.1, 0.15) is 42.1 Å². The smallest absolute Gasteiger partial charge is 0.248 e. The summed E-state index contributed by atoms with van der Waals surface area (Å²) in [6.07, 6.45) is 4.12. The molecular weight excluding hydrogens is 648 g/mol. The SMILES string of the molecule is CN(CCNC[C@H](O)c1ccc(O)c2[nH]c(=O)ccc12)C(=O)CCOCCc1cccc(CN2CCC3(CC2)CN(c2ccccn2)CCO3)c1. The van der Waals surface area contributed by atoms with Gasteiger partial charge in [0, 0.05) is 77.1 Å². The molecule has 4 N–H and O–H groups in total. The number of likely N-dealkylation sites (tertiary alicyclic amines) is 1. The summed E-state index contributed by atoms with van der Waals surface area (Å²) in [7, 11) is 1.76. The van der Waals surface area contributed by atoms with Crippen LogP contribution in [0.5, 0.6) is 5.75 Å². The molecule has 4 heterocycles. The highest BCUT2D eigenvalue weighted by molar-refractivity contribution is 5.87. The minimum Gasteiger partial charge on any atom is -0.506 e. The Morgan fingerprint density at radius 2 is 1.92 bits per heavy atom. The van der Waals surface area contributed by atoms with Crippen molar-refractivity contribution < 1.29 is 24.5 Å². The Labute approximate surface area is 299 Å². The standard InChI is InChI=1S/C39H50N6O6/c1-43(20-17-40-26-34(47)31-8-10-33(46)38-32(31)9-11-36(48)42-38)37(49)13-23-50-22-12-29-5-4-6-30(25-29)27-44-18-14-39(15-19-44)28-45(21-24-51-39)35-7-2-3-16-41-35/h2-11,16,25,34,40,46-47H,12-15,17-24,26-28H2,1H3,(H,42,48)/t34-/m0/s1. The Morgan fingerprint density at radius 1 is 1.08 bits per heavy atom. The van der Waals surface area contributed by atoms with Crippen LogP contribution < -0.4 is 15.8 Å². The number of anilines is 1. The minimum absolute atomic E-state index is 0.000734. The molecule has 0 unspecified atom stereocenters. The van der Waals surface area contributed by atoms with E-state index in [4.69, 9.17) is 9.47 Å². The average molecular weight is 699 g/mol. The number of ether oxygens (including phenoxy) is 2. The maximum absolute atomic E-state index is 12.6. The van der Waals surface area contributed by atoms with E-state index in [1.54, 1.807) is 24.1 Å². The molecule has 2 fully saturated rings. The van der Waals surface area contributed by atoms with E-state index in [0.29, 0.717) is 49.2 Å². The first kappa shape index (κ1) is 36.5. The number of carbonyl (C=O) groups is 1. The predicted molar refractivity (Wildman–Crippen MR) is 197 cm³/mol. The van der Waals surface area contributed by atoms with Crippen LogP contribution in [0.2, 0.25) is 0 Å². The van der Waals surface area contributed by atoms with Crippen molar-refractivity contribution in [2.75, 3.05) is 77.6 Å². The first-order chi connectivity index (χ1) is 24.8. The number of fused-ring (bicyclic) bond motifs is 1. The molecule has 1 amide bonds. The number of phenols is 1. The van der Waals surface area contributed by atoms with Crippen LogP contribution in [0, 0.1) is 0 Å². The van der Waals surface area contributed by atoms with Gasteiger partial charge >= 0.3 is 0 Å². The van der Waals surface area contributed by atoms with E-state index in [1.165, 1.54) is 23.3 Å². The summed E-state index contributed by atoms with van der Waals surface area (Å²) in [6, 6.07) is 20.8. The zero-order chi connectivity index (χ0) is 35.6. The predicted octanol–water partition coefficient (Wildman–Crippen LogP) is 3.23. The highest BCUT2D eigenvalue weighted by Gasteiger charge is 2.40. The second-order valence-electron chi connectivity index (χ2n) is 13.7. The topological polar surface area (TPSA) is 143 Å². The number of carbonyl (C=O) groups excluding carboxylic acids is 1. The van der Waals surface area contributed by atoms with Gasteiger partial charge in [0.1, 0.15) is 11.6 Å². The van der Waals surface area contributed by atoms with E-state index < -0.39 is 6.10 Å². The fourth-order valence-electron chi connectivity index (χ4n) is 7.06. The number of morpholine rings is 1. The summed E-state index contributed by atoms with van der Waals surface area (Å²) in [4.78, 5) is 38.0. The van der Waals surface area contributed by atoms with Gasteiger partial charge in [0.15, 0.2) is 0 Å². The van der Waals surface area contributed by atoms with Gasteiger partial charge in [0.2, 0.25) is 11.5 Å². The third kappa shape index (κ3) is 9.72. The van der Waals surface area contributed by atoms with E-state index in [0.717, 1.165) is 64.4 Å². The molecule has 0 saturated carbocycles. The van der Waals surface area contributed by atoms with E-state index in [2.05, 4.69) is 55.4 Å². The molecule has 4 aromatic rings. The molecule has 0 bridgehead atoms. The number of pyridine rings is 2. The van der Waals surface area contributed by atoms with Crippen LogP contribution in [0.4, 0.5) is 5.82 Å². The lowest BCUT2D eigenvalue weighted by Gasteiger charge is -2.47. The van der Waals surface area contributed by atoms with Crippen molar-refractivity contribution in [2.45, 2.75) is 43.9 Å². The van der Waals surface area contributed by atoms with Crippen LogP contribution in [0.15, 0.2) is 77.7 Å². The van der Waals surface area contributed by atoms with E-state index >= 15 is 0 Å². The van der Waals surface area contributed by atoms with Crippen molar-refractivity contribution in [3.63, 3.8) is 0 Å². The van der Waals surface area contributed by atoms with E-state index in [-0.39, 0.29) is 29.4 Å². The number of rotatable bonds is 15. The van der Waals surface area contributed by atoms with E-state index in [1.807, 2.05) is 18.3 Å². The lowest BCUT2D eigenvalue weighted by Crippen LogP contribution is -2.57. The monoisotopic (exact) mass is 698 g/mol. The maximum atomic E-state index is 12.6. The van der Waals surface area contributed by atoms with Crippen molar-refractivity contribution in [2.24, 2.45) is 0 Å². The molecule has 12 heteroatoms. The summed E-state index contributed by atoms with van der Waals surface area (Å²) in [5.41, 5.74) is 3.00. The molecular formula is C39H50N6O6. The molecule has 6 rings (SSSR count). The second-order valence-corrected chi connectivity index (χ2v) is 13.7. The number of likely N-dealkylation sites (N-methyl/N-ethyl adjacent to an activating group) is 1. The Bertz CT molecular complexity index is 1790. The Hall–Kier alpha value is -4.33. The highest BCUT2D eigenvalue weighted by atomic mass is 16.5. The van der Waals surface area contributed by atoms with Gasteiger partial charge in [-0.3, -0.25) is 14.5 Å². The number of amides is 1. The van der Waals surface area contributed by atoms with E-state index in [9.17, 15) is 19.8 Å². The highest BCUT2D eigenvalue weighted by Crippen LogP contribution is 2.32. The van der Waals surface area contributed by atoms with Crippen molar-refractivity contribution >= 4 is 22.6 Å². The molecule has 2 aliphatic rings. The Morgan fingerprint density at radius 3 is 2.75 bits per heavy atom. The fraction of sp³-hybridized carbons (Fsp3) is 0.462. The minimum atomic E-state index is -0.854. The summed E-state index contributed by atoms with van der Waals surface area (Å²) in [5.74, 6) is 0.982. The molecule has 0 radical (unpaired) electrons. The number of aromatic nitrogens is 2. The zero-order valence-corrected chi connectivity index (χ0v) is 29.4. The number of aliphatic hydroxyl groups is 1. The Kier molecular flexibility index (Phi) is 12.3. The van der Waals surface area contributed by atoms with Gasteiger partial charge in [-0.25, -0.2) is 4.98 Å². The van der Waals surface area contributed by atoms with Crippen molar-refractivity contribution in [1.29, 1.82) is 0 Å². The number of aliphatic hydroxyl groups excluding tert-OH is 1. The zero-order valence-electron chi connectivity index (χ0n) is 29.4. The number of hydrogen-bond acceptors (Lipinski definition) is 10. The molecule has 2 aliphatic heterocycles. The first-order valence-electron chi connectivity index (χ1n) is 17.9. The van der Waals surface area contributed by atoms with Gasteiger partial charge in [0.05, 0.1) is 43.5 Å². The summed E-state index contributed by atoms with van der Waals surface area (Å²) < 4.78 is 12.2. The van der Waals surface area contributed by atoms with Crippen LogP contribution in [-0.2, 0) is 27.2 Å². The number of aromatic hydroxyl groups is 1. The molecule has 272 valence electrons. The van der Waals surface area contributed by atoms with Crippen molar-refractivity contribution in [3.8, 4) is 5.75 Å². The number of piperidine rings is 1. The summed E-state index contributed by atoms with van der Waals surface area (Å²) >= 11 is 0. The second kappa shape index (κ2) is 17.3. The lowest BCUT2D eigenvalue weighted by molar-refractivity contribution is -0.131. The Balaban J connectivity index is 0.849. The molecule has 2 aromatic heterocycles.